The van der Waals surface area contributed by atoms with Crippen LogP contribution in [0.15, 0.2) is 54.6 Å². The lowest BCUT2D eigenvalue weighted by Crippen LogP contribution is -2.42. The van der Waals surface area contributed by atoms with Gasteiger partial charge in [-0.05, 0) is 48.6 Å². The van der Waals surface area contributed by atoms with Gasteiger partial charge in [-0.15, -0.1) is 0 Å². The largest absolute Gasteiger partial charge is 0.415 e. The zero-order valence-electron chi connectivity index (χ0n) is 15.4. The van der Waals surface area contributed by atoms with Crippen molar-refractivity contribution in [2.24, 2.45) is 5.92 Å². The molecule has 0 saturated carbocycles. The van der Waals surface area contributed by atoms with Gasteiger partial charge in [0.1, 0.15) is 5.75 Å². The van der Waals surface area contributed by atoms with Crippen LogP contribution in [-0.2, 0) is 15.8 Å². The molecule has 150 valence electrons. The van der Waals surface area contributed by atoms with Crippen LogP contribution < -0.4 is 9.46 Å². The molecule has 0 bridgehead atoms. The van der Waals surface area contributed by atoms with Gasteiger partial charge in [-0.2, -0.15) is 0 Å². The molecule has 2 aromatic carbocycles. The average molecular weight is 423 g/mol. The maximum atomic E-state index is 12.3. The van der Waals surface area contributed by atoms with E-state index in [1.165, 1.54) is 0 Å². The summed E-state index contributed by atoms with van der Waals surface area (Å²) < 4.78 is 32.6. The van der Waals surface area contributed by atoms with Crippen molar-refractivity contribution in [3.05, 3.63) is 65.2 Å². The third kappa shape index (κ3) is 6.22. The third-order valence-electron chi connectivity index (χ3n) is 4.68. The van der Waals surface area contributed by atoms with Gasteiger partial charge in [0.2, 0.25) is 10.0 Å². The van der Waals surface area contributed by atoms with Gasteiger partial charge < -0.3 is 9.64 Å². The first-order valence-electron chi connectivity index (χ1n) is 9.15. The second kappa shape index (κ2) is 9.41. The number of para-hydroxylation sites is 1. The molecule has 2 aromatic rings. The third-order valence-corrected chi connectivity index (χ3v) is 6.25. The van der Waals surface area contributed by atoms with Crippen molar-refractivity contribution in [1.29, 1.82) is 0 Å². The first kappa shape index (κ1) is 20.6. The van der Waals surface area contributed by atoms with Gasteiger partial charge >= 0.3 is 6.09 Å². The Morgan fingerprint density at radius 3 is 2.36 bits per heavy atom. The zero-order chi connectivity index (χ0) is 20.0. The standard InChI is InChI=1S/C20H23ClN2O4S/c21-18-8-6-17(7-9-18)15-28(25,26)22-14-16-10-12-23(13-11-16)20(24)27-19-4-2-1-3-5-19/h1-9,16,22H,10-15H2. The zero-order valence-corrected chi connectivity index (χ0v) is 17.0. The predicted molar refractivity (Wildman–Crippen MR) is 109 cm³/mol. The molecule has 0 aromatic heterocycles. The minimum absolute atomic E-state index is 0.0770. The number of rotatable bonds is 6. The number of piperidine rings is 1. The van der Waals surface area contributed by atoms with Gasteiger partial charge in [0.15, 0.2) is 0 Å². The fourth-order valence-corrected chi connectivity index (χ4v) is 4.42. The number of hydrogen-bond donors (Lipinski definition) is 1. The van der Waals surface area contributed by atoms with Crippen molar-refractivity contribution in [3.63, 3.8) is 0 Å². The number of benzene rings is 2. The minimum atomic E-state index is -3.42. The van der Waals surface area contributed by atoms with E-state index < -0.39 is 10.0 Å². The first-order chi connectivity index (χ1) is 13.4. The van der Waals surface area contributed by atoms with E-state index in [0.717, 1.165) is 12.8 Å². The Morgan fingerprint density at radius 2 is 1.71 bits per heavy atom. The molecule has 0 aliphatic carbocycles. The van der Waals surface area contributed by atoms with Crippen LogP contribution in [0.5, 0.6) is 5.75 Å². The van der Waals surface area contributed by atoms with E-state index in [0.29, 0.717) is 36.0 Å². The summed E-state index contributed by atoms with van der Waals surface area (Å²) in [6, 6.07) is 15.7. The molecular weight excluding hydrogens is 400 g/mol. The van der Waals surface area contributed by atoms with Crippen molar-refractivity contribution in [2.75, 3.05) is 19.6 Å². The van der Waals surface area contributed by atoms with Crippen LogP contribution in [0.2, 0.25) is 5.02 Å². The fourth-order valence-electron chi connectivity index (χ4n) is 3.07. The second-order valence-electron chi connectivity index (χ2n) is 6.85. The number of halogens is 1. The van der Waals surface area contributed by atoms with E-state index in [2.05, 4.69) is 4.72 Å². The van der Waals surface area contributed by atoms with Gasteiger partial charge in [0.05, 0.1) is 5.75 Å². The Morgan fingerprint density at radius 1 is 1.07 bits per heavy atom. The Hall–Kier alpha value is -2.09. The van der Waals surface area contributed by atoms with Crippen LogP contribution in [0, 0.1) is 5.92 Å². The predicted octanol–water partition coefficient (Wildman–Crippen LogP) is 3.67. The molecule has 3 rings (SSSR count). The van der Waals surface area contributed by atoms with Crippen LogP contribution in [0.25, 0.3) is 0 Å². The van der Waals surface area contributed by atoms with Crippen molar-refractivity contribution in [1.82, 2.24) is 9.62 Å². The van der Waals surface area contributed by atoms with Crippen molar-refractivity contribution < 1.29 is 17.9 Å². The highest BCUT2D eigenvalue weighted by Gasteiger charge is 2.25. The number of nitrogens with one attached hydrogen (secondary N) is 1. The number of amides is 1. The minimum Gasteiger partial charge on any atom is -0.410 e. The summed E-state index contributed by atoms with van der Waals surface area (Å²) in [4.78, 5) is 13.9. The Kier molecular flexibility index (Phi) is 6.93. The first-order valence-corrected chi connectivity index (χ1v) is 11.2. The van der Waals surface area contributed by atoms with Crippen molar-refractivity contribution in [2.45, 2.75) is 18.6 Å². The van der Waals surface area contributed by atoms with Gasteiger partial charge in [-0.1, -0.05) is 41.9 Å². The van der Waals surface area contributed by atoms with Gasteiger partial charge in [-0.3, -0.25) is 0 Å². The van der Waals surface area contributed by atoms with Crippen LogP contribution in [-0.4, -0.2) is 39.0 Å². The molecule has 1 N–H and O–H groups in total. The average Bonchev–Trinajstić information content (AvgIpc) is 2.69. The summed E-state index contributed by atoms with van der Waals surface area (Å²) in [6.07, 6.45) is 1.09. The number of carbonyl (C=O) groups is 1. The van der Waals surface area contributed by atoms with Crippen molar-refractivity contribution in [3.8, 4) is 5.75 Å². The molecule has 1 fully saturated rings. The summed E-state index contributed by atoms with van der Waals surface area (Å²) in [7, 11) is -3.42. The topological polar surface area (TPSA) is 75.7 Å². The number of likely N-dealkylation sites (tertiary alicyclic amines) is 1. The van der Waals surface area contributed by atoms with Gasteiger partial charge in [-0.25, -0.2) is 17.9 Å². The second-order valence-corrected chi connectivity index (χ2v) is 9.09. The van der Waals surface area contributed by atoms with Crippen molar-refractivity contribution >= 4 is 27.7 Å². The van der Waals surface area contributed by atoms with Crippen LogP contribution in [0.3, 0.4) is 0 Å². The molecule has 0 atom stereocenters. The normalized spacial score (nSPS) is 15.4. The molecular formula is C20H23ClN2O4S. The van der Waals surface area contributed by atoms with E-state index in [1.54, 1.807) is 41.3 Å². The molecule has 0 unspecified atom stereocenters. The number of sulfonamides is 1. The smallest absolute Gasteiger partial charge is 0.410 e. The number of ether oxygens (including phenoxy) is 1. The number of hydrogen-bond acceptors (Lipinski definition) is 4. The maximum absolute atomic E-state index is 12.3. The SMILES string of the molecule is O=C(Oc1ccccc1)N1CCC(CNS(=O)(=O)Cc2ccc(Cl)cc2)CC1. The maximum Gasteiger partial charge on any atom is 0.415 e. The van der Waals surface area contributed by atoms with E-state index in [1.807, 2.05) is 18.2 Å². The van der Waals surface area contributed by atoms with E-state index in [4.69, 9.17) is 16.3 Å². The highest BCUT2D eigenvalue weighted by molar-refractivity contribution is 7.88. The molecule has 0 radical (unpaired) electrons. The van der Waals surface area contributed by atoms with E-state index >= 15 is 0 Å². The molecule has 1 heterocycles. The summed E-state index contributed by atoms with van der Waals surface area (Å²) >= 11 is 5.82. The van der Waals surface area contributed by atoms with Crippen LogP contribution in [0.4, 0.5) is 4.79 Å². The summed E-state index contributed by atoms with van der Waals surface area (Å²) in [5.74, 6) is 0.636. The Balaban J connectivity index is 1.42. The molecule has 1 aliphatic heterocycles. The monoisotopic (exact) mass is 422 g/mol. The Labute approximate surface area is 170 Å². The Bertz CT molecular complexity index is 880. The molecule has 1 aliphatic rings. The summed E-state index contributed by atoms with van der Waals surface area (Å²) in [5, 5.41) is 0.576. The highest BCUT2D eigenvalue weighted by atomic mass is 35.5. The number of carbonyl (C=O) groups excluding carboxylic acids is 1. The lowest BCUT2D eigenvalue weighted by Gasteiger charge is -2.31. The molecule has 0 spiro atoms. The molecule has 8 heteroatoms. The number of nitrogens with zero attached hydrogens (tertiary/aromatic N) is 1. The fraction of sp³-hybridized carbons (Fsp3) is 0.350. The summed E-state index contributed by atoms with van der Waals surface area (Å²) in [5.41, 5.74) is 0.690. The highest BCUT2D eigenvalue weighted by Crippen LogP contribution is 2.19. The molecule has 6 nitrogen and oxygen atoms in total. The van der Waals surface area contributed by atoms with Crippen LogP contribution in [0.1, 0.15) is 18.4 Å². The van der Waals surface area contributed by atoms with E-state index in [-0.39, 0.29) is 17.8 Å². The van der Waals surface area contributed by atoms with E-state index in [9.17, 15) is 13.2 Å². The molecule has 28 heavy (non-hydrogen) atoms. The molecule has 1 amide bonds. The molecule has 1 saturated heterocycles. The van der Waals surface area contributed by atoms with Gasteiger partial charge in [0, 0.05) is 24.7 Å². The lowest BCUT2D eigenvalue weighted by atomic mass is 9.97. The quantitative estimate of drug-likeness (QED) is 0.770. The summed E-state index contributed by atoms with van der Waals surface area (Å²) in [6.45, 7) is 1.47. The van der Waals surface area contributed by atoms with Crippen LogP contribution >= 0.6 is 11.6 Å². The lowest BCUT2D eigenvalue weighted by molar-refractivity contribution is 0.131. The van der Waals surface area contributed by atoms with Gasteiger partial charge in [0.25, 0.3) is 0 Å².